The molecule has 0 saturated carbocycles. The van der Waals surface area contributed by atoms with Gasteiger partial charge in [0.2, 0.25) is 6.41 Å². The van der Waals surface area contributed by atoms with Gasteiger partial charge in [0.05, 0.1) is 0 Å². The molecule has 1 radical (unpaired) electrons. The van der Waals surface area contributed by atoms with Crippen molar-refractivity contribution in [2.75, 3.05) is 0 Å². The van der Waals surface area contributed by atoms with Gasteiger partial charge in [0.25, 0.3) is 0 Å². The summed E-state index contributed by atoms with van der Waals surface area (Å²) in [6.07, 6.45) is 9.49. The first-order chi connectivity index (χ1) is 4.43. The normalized spacial score (nSPS) is 20.7. The van der Waals surface area contributed by atoms with E-state index in [1.807, 2.05) is 6.08 Å². The molecule has 0 aromatic carbocycles. The van der Waals surface area contributed by atoms with Crippen LogP contribution in [0, 0.1) is 6.08 Å². The third kappa shape index (κ3) is 1.64. The second kappa shape index (κ2) is 2.97. The van der Waals surface area contributed by atoms with Gasteiger partial charge in [0, 0.05) is 12.1 Å². The SMILES string of the molecule is O=CN=C1C=C[C]=CC1. The second-order valence-corrected chi connectivity index (χ2v) is 1.63. The number of hydrogen-bond acceptors (Lipinski definition) is 1. The van der Waals surface area contributed by atoms with Gasteiger partial charge in [-0.3, -0.25) is 4.79 Å². The summed E-state index contributed by atoms with van der Waals surface area (Å²) in [6.45, 7) is 0. The molecule has 0 unspecified atom stereocenters. The van der Waals surface area contributed by atoms with Crippen LogP contribution in [-0.4, -0.2) is 12.1 Å². The lowest BCUT2D eigenvalue weighted by Crippen LogP contribution is -1.93. The Kier molecular flexibility index (Phi) is 1.96. The molecule has 0 aliphatic heterocycles. The lowest BCUT2D eigenvalue weighted by molar-refractivity contribution is -0.106. The van der Waals surface area contributed by atoms with Gasteiger partial charge in [-0.2, -0.15) is 0 Å². The van der Waals surface area contributed by atoms with E-state index in [-0.39, 0.29) is 0 Å². The van der Waals surface area contributed by atoms with E-state index in [0.29, 0.717) is 6.41 Å². The molecule has 0 saturated heterocycles. The largest absolute Gasteiger partial charge is 0.276 e. The van der Waals surface area contributed by atoms with Crippen molar-refractivity contribution in [1.82, 2.24) is 0 Å². The minimum atomic E-state index is 0.554. The highest BCUT2D eigenvalue weighted by Crippen LogP contribution is 1.96. The maximum Gasteiger partial charge on any atom is 0.233 e. The van der Waals surface area contributed by atoms with Crippen LogP contribution in [0.3, 0.4) is 0 Å². The Bertz CT molecular complexity index is 189. The first-order valence-corrected chi connectivity index (χ1v) is 2.68. The van der Waals surface area contributed by atoms with Crippen LogP contribution >= 0.6 is 0 Å². The van der Waals surface area contributed by atoms with Gasteiger partial charge >= 0.3 is 0 Å². The van der Waals surface area contributed by atoms with Gasteiger partial charge in [-0.15, -0.1) is 0 Å². The van der Waals surface area contributed by atoms with E-state index in [0.717, 1.165) is 12.1 Å². The van der Waals surface area contributed by atoms with Crippen molar-refractivity contribution in [1.29, 1.82) is 0 Å². The Morgan fingerprint density at radius 1 is 1.78 bits per heavy atom. The van der Waals surface area contributed by atoms with E-state index in [1.54, 1.807) is 12.2 Å². The molecule has 0 atom stereocenters. The summed E-state index contributed by atoms with van der Waals surface area (Å²) in [6, 6.07) is 0. The zero-order valence-electron chi connectivity index (χ0n) is 4.87. The summed E-state index contributed by atoms with van der Waals surface area (Å²) in [5.74, 6) is 0. The summed E-state index contributed by atoms with van der Waals surface area (Å²) in [5.41, 5.74) is 0.795. The van der Waals surface area contributed by atoms with Gasteiger partial charge in [-0.05, 0) is 12.2 Å². The number of allylic oxidation sites excluding steroid dienone is 4. The van der Waals surface area contributed by atoms with Crippen molar-refractivity contribution in [3.63, 3.8) is 0 Å². The molecule has 1 aliphatic carbocycles. The number of hydrogen-bond donors (Lipinski definition) is 0. The molecule has 0 aromatic rings. The fourth-order valence-corrected chi connectivity index (χ4v) is 0.607. The third-order valence-corrected chi connectivity index (χ3v) is 1.02. The van der Waals surface area contributed by atoms with Gasteiger partial charge in [0.15, 0.2) is 0 Å². The first kappa shape index (κ1) is 5.95. The van der Waals surface area contributed by atoms with E-state index in [9.17, 15) is 4.79 Å². The average Bonchev–Trinajstić information content (AvgIpc) is 1.91. The Hall–Kier alpha value is -1.18. The number of aliphatic imine (C=N–C) groups is 1. The number of rotatable bonds is 1. The molecule has 0 bridgehead atoms. The molecule has 0 heterocycles. The highest BCUT2D eigenvalue weighted by molar-refractivity contribution is 6.00. The monoisotopic (exact) mass is 120 g/mol. The Morgan fingerprint density at radius 2 is 2.67 bits per heavy atom. The van der Waals surface area contributed by atoms with Crippen LogP contribution in [0.4, 0.5) is 0 Å². The van der Waals surface area contributed by atoms with Gasteiger partial charge in [-0.25, -0.2) is 4.99 Å². The lowest BCUT2D eigenvalue weighted by Gasteiger charge is -1.94. The molecule has 1 amide bonds. The van der Waals surface area contributed by atoms with Crippen molar-refractivity contribution in [3.05, 3.63) is 24.3 Å². The Balaban J connectivity index is 2.65. The summed E-state index contributed by atoms with van der Waals surface area (Å²) in [5, 5.41) is 0. The van der Waals surface area contributed by atoms with E-state index < -0.39 is 0 Å². The maximum atomic E-state index is 9.82. The number of carbonyl (C=O) groups is 1. The van der Waals surface area contributed by atoms with Crippen LogP contribution in [0.5, 0.6) is 0 Å². The predicted molar refractivity (Wildman–Crippen MR) is 35.1 cm³/mol. The number of amides is 1. The fourth-order valence-electron chi connectivity index (χ4n) is 0.607. The molecule has 0 fully saturated rings. The number of carbonyl (C=O) groups excluding carboxylic acids is 1. The molecule has 45 valence electrons. The number of nitrogens with zero attached hydrogens (tertiary/aromatic N) is 1. The maximum absolute atomic E-state index is 9.82. The summed E-state index contributed by atoms with van der Waals surface area (Å²) in [4.78, 5) is 13.4. The second-order valence-electron chi connectivity index (χ2n) is 1.63. The first-order valence-electron chi connectivity index (χ1n) is 2.68. The van der Waals surface area contributed by atoms with Crippen LogP contribution in [0.15, 0.2) is 23.2 Å². The van der Waals surface area contributed by atoms with E-state index >= 15 is 0 Å². The summed E-state index contributed by atoms with van der Waals surface area (Å²) >= 11 is 0. The molecule has 0 spiro atoms. The van der Waals surface area contributed by atoms with Crippen molar-refractivity contribution in [2.24, 2.45) is 4.99 Å². The molecule has 0 aromatic heterocycles. The Labute approximate surface area is 53.6 Å². The average molecular weight is 120 g/mol. The Morgan fingerprint density at radius 3 is 3.22 bits per heavy atom. The molecule has 0 N–H and O–H groups in total. The van der Waals surface area contributed by atoms with Crippen molar-refractivity contribution < 1.29 is 4.79 Å². The van der Waals surface area contributed by atoms with Gasteiger partial charge in [-0.1, -0.05) is 12.2 Å². The third-order valence-electron chi connectivity index (χ3n) is 1.02. The quantitative estimate of drug-likeness (QED) is 0.473. The smallest absolute Gasteiger partial charge is 0.233 e. The van der Waals surface area contributed by atoms with E-state index in [4.69, 9.17) is 0 Å². The van der Waals surface area contributed by atoms with Crippen LogP contribution < -0.4 is 0 Å². The fraction of sp³-hybridized carbons (Fsp3) is 0.143. The molecule has 1 aliphatic rings. The summed E-state index contributed by atoms with van der Waals surface area (Å²) in [7, 11) is 0. The molecule has 9 heavy (non-hydrogen) atoms. The molecule has 2 nitrogen and oxygen atoms in total. The van der Waals surface area contributed by atoms with Crippen molar-refractivity contribution >= 4 is 12.1 Å². The topological polar surface area (TPSA) is 29.4 Å². The minimum absolute atomic E-state index is 0.554. The van der Waals surface area contributed by atoms with Gasteiger partial charge in [0.1, 0.15) is 0 Å². The molecular weight excluding hydrogens is 114 g/mol. The van der Waals surface area contributed by atoms with Crippen LogP contribution in [-0.2, 0) is 4.79 Å². The highest BCUT2D eigenvalue weighted by Gasteiger charge is 1.92. The van der Waals surface area contributed by atoms with Crippen molar-refractivity contribution in [2.45, 2.75) is 6.42 Å². The minimum Gasteiger partial charge on any atom is -0.276 e. The zero-order valence-corrected chi connectivity index (χ0v) is 4.87. The van der Waals surface area contributed by atoms with E-state index in [2.05, 4.69) is 11.1 Å². The molecule has 1 rings (SSSR count). The standard InChI is InChI=1S/C7H6NO/c9-6-8-7-4-2-1-3-5-7/h2-4,6H,5H2. The highest BCUT2D eigenvalue weighted by atomic mass is 16.1. The molecular formula is C7H6NO. The van der Waals surface area contributed by atoms with Crippen LogP contribution in [0.1, 0.15) is 6.42 Å². The van der Waals surface area contributed by atoms with Crippen molar-refractivity contribution in [3.8, 4) is 0 Å². The molecule has 2 heteroatoms. The van der Waals surface area contributed by atoms with Gasteiger partial charge < -0.3 is 0 Å². The predicted octanol–water partition coefficient (Wildman–Crippen LogP) is 0.903. The zero-order chi connectivity index (χ0) is 6.53. The van der Waals surface area contributed by atoms with Crippen LogP contribution in [0.25, 0.3) is 0 Å². The van der Waals surface area contributed by atoms with E-state index in [1.165, 1.54) is 0 Å². The van der Waals surface area contributed by atoms with Crippen LogP contribution in [0.2, 0.25) is 0 Å². The lowest BCUT2D eigenvalue weighted by atomic mass is 10.2. The summed E-state index contributed by atoms with van der Waals surface area (Å²) < 4.78 is 0.